The van der Waals surface area contributed by atoms with Gasteiger partial charge in [0.05, 0.1) is 11.0 Å². The fourth-order valence-electron chi connectivity index (χ4n) is 4.05. The Bertz CT molecular complexity index is 911. The van der Waals surface area contributed by atoms with Crippen molar-refractivity contribution in [1.82, 2.24) is 10.2 Å². The molecule has 2 amide bonds. The van der Waals surface area contributed by atoms with Gasteiger partial charge in [0.1, 0.15) is 18.7 Å². The first-order valence-corrected chi connectivity index (χ1v) is 10.9. The third-order valence-corrected chi connectivity index (χ3v) is 6.44. The Balaban J connectivity index is 1.47. The highest BCUT2D eigenvalue weighted by Gasteiger charge is 2.47. The molecule has 0 spiro atoms. The number of ketones is 1. The van der Waals surface area contributed by atoms with E-state index >= 15 is 0 Å². The number of hydrogen-bond donors (Lipinski definition) is 1. The smallest absolute Gasteiger partial charge is 0.262 e. The van der Waals surface area contributed by atoms with Crippen molar-refractivity contribution < 1.29 is 19.1 Å². The van der Waals surface area contributed by atoms with Crippen molar-refractivity contribution in [2.45, 2.75) is 44.4 Å². The lowest BCUT2D eigenvalue weighted by Crippen LogP contribution is -2.52. The zero-order valence-corrected chi connectivity index (χ0v) is 17.1. The molecule has 1 aromatic heterocycles. The van der Waals surface area contributed by atoms with Gasteiger partial charge in [0.25, 0.3) is 5.91 Å². The Hall–Kier alpha value is -2.51. The summed E-state index contributed by atoms with van der Waals surface area (Å²) < 4.78 is 5.48. The average molecular weight is 413 g/mol. The maximum atomic E-state index is 13.1. The molecule has 0 bridgehead atoms. The molecule has 2 fully saturated rings. The van der Waals surface area contributed by atoms with Crippen LogP contribution in [0.15, 0.2) is 41.8 Å². The Morgan fingerprint density at radius 3 is 2.83 bits per heavy atom. The second-order valence-corrected chi connectivity index (χ2v) is 8.37. The summed E-state index contributed by atoms with van der Waals surface area (Å²) in [5.41, 5.74) is 2.03. The molecule has 152 valence electrons. The lowest BCUT2D eigenvalue weighted by Gasteiger charge is -2.27. The van der Waals surface area contributed by atoms with Crippen molar-refractivity contribution in [1.29, 1.82) is 0 Å². The van der Waals surface area contributed by atoms with E-state index in [-0.39, 0.29) is 30.3 Å². The minimum atomic E-state index is -0.637. The Kier molecular flexibility index (Phi) is 5.78. The van der Waals surface area contributed by atoms with Crippen LogP contribution in [0, 0.1) is 0 Å². The van der Waals surface area contributed by atoms with Gasteiger partial charge in [-0.25, -0.2) is 0 Å². The molecule has 29 heavy (non-hydrogen) atoms. The van der Waals surface area contributed by atoms with Crippen LogP contribution in [0.25, 0.3) is 11.1 Å². The van der Waals surface area contributed by atoms with Gasteiger partial charge in [0, 0.05) is 6.54 Å². The van der Waals surface area contributed by atoms with Gasteiger partial charge in [-0.05, 0) is 35.4 Å². The first kappa shape index (κ1) is 19.8. The van der Waals surface area contributed by atoms with Crippen molar-refractivity contribution in [3.63, 3.8) is 0 Å². The van der Waals surface area contributed by atoms with Crippen LogP contribution in [0.5, 0.6) is 0 Å². The minimum absolute atomic E-state index is 0.0480. The Labute approximate surface area is 173 Å². The van der Waals surface area contributed by atoms with Crippen molar-refractivity contribution >= 4 is 28.9 Å². The zero-order chi connectivity index (χ0) is 20.4. The monoisotopic (exact) mass is 412 g/mol. The largest absolute Gasteiger partial charge is 0.368 e. The maximum absolute atomic E-state index is 13.1. The van der Waals surface area contributed by atoms with Gasteiger partial charge in [-0.15, -0.1) is 11.3 Å². The average Bonchev–Trinajstić information content (AvgIpc) is 3.46. The molecule has 2 aliphatic heterocycles. The van der Waals surface area contributed by atoms with Crippen LogP contribution in [0.2, 0.25) is 0 Å². The van der Waals surface area contributed by atoms with Gasteiger partial charge in [-0.1, -0.05) is 43.7 Å². The topological polar surface area (TPSA) is 75.7 Å². The van der Waals surface area contributed by atoms with Crippen LogP contribution in [0.3, 0.4) is 0 Å². The number of rotatable bonds is 6. The molecule has 4 rings (SSSR count). The summed E-state index contributed by atoms with van der Waals surface area (Å²) in [5.74, 6) is -0.492. The molecule has 2 saturated heterocycles. The highest BCUT2D eigenvalue weighted by atomic mass is 32.1. The molecule has 0 saturated carbocycles. The van der Waals surface area contributed by atoms with Gasteiger partial charge in [-0.3, -0.25) is 14.4 Å². The SMILES string of the molecule is CCCC(NC(=O)c1cc(-c2ccccc2)cs1)C(=O)N1CCC2OCC(=O)C21. The number of carbonyl (C=O) groups is 3. The van der Waals surface area contributed by atoms with Gasteiger partial charge < -0.3 is 15.0 Å². The van der Waals surface area contributed by atoms with E-state index in [2.05, 4.69) is 5.32 Å². The highest BCUT2D eigenvalue weighted by molar-refractivity contribution is 7.12. The number of hydrogen-bond acceptors (Lipinski definition) is 5. The number of benzene rings is 1. The van der Waals surface area contributed by atoms with E-state index in [1.165, 1.54) is 11.3 Å². The number of nitrogens with one attached hydrogen (secondary N) is 1. The number of carbonyl (C=O) groups excluding carboxylic acids is 3. The van der Waals surface area contributed by atoms with Crippen molar-refractivity contribution in [3.8, 4) is 11.1 Å². The van der Waals surface area contributed by atoms with E-state index in [9.17, 15) is 14.4 Å². The molecule has 0 aliphatic carbocycles. The van der Waals surface area contributed by atoms with Crippen LogP contribution < -0.4 is 5.32 Å². The van der Waals surface area contributed by atoms with Crippen LogP contribution in [-0.4, -0.2) is 53.8 Å². The van der Waals surface area contributed by atoms with Crippen LogP contribution in [0.4, 0.5) is 0 Å². The molecular formula is C22H24N2O4S. The predicted octanol–water partition coefficient (Wildman–Crippen LogP) is 2.88. The van der Waals surface area contributed by atoms with E-state index < -0.39 is 12.1 Å². The third kappa shape index (κ3) is 3.97. The number of ether oxygens (including phenoxy) is 1. The molecule has 2 aromatic rings. The van der Waals surface area contributed by atoms with Gasteiger partial charge >= 0.3 is 0 Å². The molecule has 1 aromatic carbocycles. The summed E-state index contributed by atoms with van der Waals surface area (Å²) in [5, 5.41) is 4.84. The highest BCUT2D eigenvalue weighted by Crippen LogP contribution is 2.28. The third-order valence-electron chi connectivity index (χ3n) is 5.51. The fourth-order valence-corrected chi connectivity index (χ4v) is 4.87. The van der Waals surface area contributed by atoms with E-state index in [1.54, 1.807) is 4.90 Å². The molecule has 3 heterocycles. The van der Waals surface area contributed by atoms with Crippen molar-refractivity contribution in [3.05, 3.63) is 46.7 Å². The number of fused-ring (bicyclic) bond motifs is 1. The fraction of sp³-hybridized carbons (Fsp3) is 0.409. The van der Waals surface area contributed by atoms with Gasteiger partial charge in [0.15, 0.2) is 5.78 Å². The molecule has 2 aliphatic rings. The maximum Gasteiger partial charge on any atom is 0.262 e. The summed E-state index contributed by atoms with van der Waals surface area (Å²) in [4.78, 5) is 40.2. The van der Waals surface area contributed by atoms with E-state index in [0.29, 0.717) is 24.3 Å². The van der Waals surface area contributed by atoms with Gasteiger partial charge in [0.2, 0.25) is 5.91 Å². The summed E-state index contributed by atoms with van der Waals surface area (Å²) in [6, 6.07) is 10.6. The molecule has 3 atom stereocenters. The van der Waals surface area contributed by atoms with E-state index in [1.807, 2.05) is 48.7 Å². The normalized spacial score (nSPS) is 21.8. The van der Waals surface area contributed by atoms with Crippen molar-refractivity contribution in [2.75, 3.05) is 13.2 Å². The summed E-state index contributed by atoms with van der Waals surface area (Å²) >= 11 is 1.36. The standard InChI is InChI=1S/C22H24N2O4S/c1-2-6-16(22(27)24-10-9-18-20(24)17(25)12-28-18)23-21(26)19-11-15(13-29-19)14-7-4-3-5-8-14/h3-5,7-8,11,13,16,18,20H,2,6,9-10,12H2,1H3,(H,23,26). The van der Waals surface area contributed by atoms with Crippen molar-refractivity contribution in [2.24, 2.45) is 0 Å². The number of amides is 2. The zero-order valence-electron chi connectivity index (χ0n) is 16.3. The lowest BCUT2D eigenvalue weighted by atomic mass is 10.1. The second-order valence-electron chi connectivity index (χ2n) is 7.46. The van der Waals surface area contributed by atoms with Crippen LogP contribution in [-0.2, 0) is 14.3 Å². The summed E-state index contributed by atoms with van der Waals surface area (Å²) in [6.07, 6.45) is 1.75. The first-order chi connectivity index (χ1) is 14.1. The number of likely N-dealkylation sites (tertiary alicyclic amines) is 1. The van der Waals surface area contributed by atoms with E-state index in [4.69, 9.17) is 4.74 Å². The molecule has 0 radical (unpaired) electrons. The van der Waals surface area contributed by atoms with E-state index in [0.717, 1.165) is 17.5 Å². The molecule has 7 heteroatoms. The van der Waals surface area contributed by atoms with Crippen LogP contribution in [0.1, 0.15) is 35.9 Å². The minimum Gasteiger partial charge on any atom is -0.368 e. The second kappa shape index (κ2) is 8.47. The quantitative estimate of drug-likeness (QED) is 0.792. The molecule has 1 N–H and O–H groups in total. The van der Waals surface area contributed by atoms with Gasteiger partial charge in [-0.2, -0.15) is 0 Å². The molecule has 6 nitrogen and oxygen atoms in total. The number of Topliss-reactive ketones (excluding diaryl/α,β-unsaturated/α-hetero) is 1. The predicted molar refractivity (Wildman–Crippen MR) is 111 cm³/mol. The molecule has 3 unspecified atom stereocenters. The van der Waals surface area contributed by atoms with Crippen LogP contribution >= 0.6 is 11.3 Å². The Morgan fingerprint density at radius 2 is 2.07 bits per heavy atom. The first-order valence-electron chi connectivity index (χ1n) is 9.98. The summed E-state index contributed by atoms with van der Waals surface area (Å²) in [7, 11) is 0. The Morgan fingerprint density at radius 1 is 1.28 bits per heavy atom. The lowest BCUT2D eigenvalue weighted by molar-refractivity contribution is -0.138. The summed E-state index contributed by atoms with van der Waals surface area (Å²) in [6.45, 7) is 2.54. The number of thiophene rings is 1. The molecular weight excluding hydrogens is 388 g/mol. The number of nitrogens with zero attached hydrogens (tertiary/aromatic N) is 1.